The van der Waals surface area contributed by atoms with Gasteiger partial charge < -0.3 is 10.0 Å². The fourth-order valence-corrected chi connectivity index (χ4v) is 1.45. The molecule has 1 amide bonds. The average Bonchev–Trinajstić information content (AvgIpc) is 2.21. The quantitative estimate of drug-likeness (QED) is 0.524. The maximum Gasteiger partial charge on any atom is 0.305 e. The second kappa shape index (κ2) is 8.79. The van der Waals surface area contributed by atoms with Crippen LogP contribution in [0, 0.1) is 0 Å². The molecule has 98 valence electrons. The number of carbonyl (C=O) groups is 2. The van der Waals surface area contributed by atoms with Crippen LogP contribution in [0.2, 0.25) is 0 Å². The van der Waals surface area contributed by atoms with Crippen LogP contribution in [0.5, 0.6) is 0 Å². The molecule has 0 aromatic heterocycles. The lowest BCUT2D eigenvalue weighted by Gasteiger charge is -2.20. The lowest BCUT2D eigenvalue weighted by molar-refractivity contribution is -0.138. The van der Waals surface area contributed by atoms with Crippen molar-refractivity contribution in [2.45, 2.75) is 46.5 Å². The summed E-state index contributed by atoms with van der Waals surface area (Å²) in [5.41, 5.74) is 0.936. The Morgan fingerprint density at radius 1 is 1.18 bits per heavy atom. The summed E-state index contributed by atoms with van der Waals surface area (Å²) in [5, 5.41) is 8.64. The van der Waals surface area contributed by atoms with E-state index in [1.165, 1.54) is 0 Å². The highest BCUT2D eigenvalue weighted by molar-refractivity contribution is 5.88. The van der Waals surface area contributed by atoms with Gasteiger partial charge in [-0.15, -0.1) is 0 Å². The van der Waals surface area contributed by atoms with Crippen molar-refractivity contribution >= 4 is 11.9 Å². The number of carbonyl (C=O) groups excluding carboxylic acids is 1. The summed E-state index contributed by atoms with van der Waals surface area (Å²) in [7, 11) is 0. The maximum absolute atomic E-state index is 11.8. The van der Waals surface area contributed by atoms with Gasteiger partial charge in [-0.1, -0.05) is 25.3 Å². The molecule has 0 bridgehead atoms. The second-order valence-electron chi connectivity index (χ2n) is 4.40. The number of hydrogen-bond acceptors (Lipinski definition) is 2. The molecule has 0 aliphatic carbocycles. The van der Waals surface area contributed by atoms with Crippen molar-refractivity contribution in [1.82, 2.24) is 4.90 Å². The number of hydrogen-bond donors (Lipinski definition) is 1. The van der Waals surface area contributed by atoms with Crippen LogP contribution in [0.15, 0.2) is 11.6 Å². The van der Waals surface area contributed by atoms with Crippen molar-refractivity contribution in [2.24, 2.45) is 0 Å². The molecule has 0 unspecified atom stereocenters. The number of nitrogens with zero attached hydrogens (tertiary/aromatic N) is 1. The maximum atomic E-state index is 11.8. The van der Waals surface area contributed by atoms with Crippen LogP contribution in [0.4, 0.5) is 0 Å². The first-order chi connectivity index (χ1) is 7.97. The van der Waals surface area contributed by atoms with Crippen LogP contribution in [-0.2, 0) is 9.59 Å². The number of carboxylic acid groups (broad SMARTS) is 1. The zero-order valence-electron chi connectivity index (χ0n) is 11.0. The topological polar surface area (TPSA) is 57.6 Å². The number of amides is 1. The molecule has 0 aliphatic rings. The highest BCUT2D eigenvalue weighted by Gasteiger charge is 2.12. The number of carboxylic acids is 1. The third-order valence-corrected chi connectivity index (χ3v) is 2.35. The molecule has 0 atom stereocenters. The molecule has 0 saturated carbocycles. The van der Waals surface area contributed by atoms with Crippen molar-refractivity contribution in [3.8, 4) is 0 Å². The van der Waals surface area contributed by atoms with Crippen LogP contribution in [-0.4, -0.2) is 35.0 Å². The van der Waals surface area contributed by atoms with Crippen molar-refractivity contribution in [3.63, 3.8) is 0 Å². The zero-order valence-corrected chi connectivity index (χ0v) is 11.0. The van der Waals surface area contributed by atoms with E-state index < -0.39 is 5.97 Å². The average molecular weight is 241 g/mol. The van der Waals surface area contributed by atoms with Gasteiger partial charge >= 0.3 is 5.97 Å². The second-order valence-corrected chi connectivity index (χ2v) is 4.40. The Bertz CT molecular complexity index is 280. The van der Waals surface area contributed by atoms with Crippen LogP contribution in [0.1, 0.15) is 46.5 Å². The van der Waals surface area contributed by atoms with Gasteiger partial charge in [0.05, 0.1) is 6.42 Å². The minimum atomic E-state index is -0.865. The van der Waals surface area contributed by atoms with E-state index in [0.29, 0.717) is 13.1 Å². The van der Waals surface area contributed by atoms with Crippen LogP contribution >= 0.6 is 0 Å². The molecular weight excluding hydrogens is 218 g/mol. The summed E-state index contributed by atoms with van der Waals surface area (Å²) in [6.45, 7) is 6.75. The van der Waals surface area contributed by atoms with Crippen LogP contribution in [0.25, 0.3) is 0 Å². The third-order valence-electron chi connectivity index (χ3n) is 2.35. The van der Waals surface area contributed by atoms with Gasteiger partial charge in [0.2, 0.25) is 5.91 Å². The van der Waals surface area contributed by atoms with E-state index in [9.17, 15) is 9.59 Å². The predicted octanol–water partition coefficient (Wildman–Crippen LogP) is 2.45. The normalized spacial score (nSPS) is 9.82. The smallest absolute Gasteiger partial charge is 0.305 e. The Hall–Kier alpha value is -1.32. The monoisotopic (exact) mass is 241 g/mol. The minimum Gasteiger partial charge on any atom is -0.481 e. The van der Waals surface area contributed by atoms with Gasteiger partial charge in [-0.25, -0.2) is 0 Å². The number of aliphatic carboxylic acids is 1. The fraction of sp³-hybridized carbons (Fsp3) is 0.692. The molecule has 0 fully saturated rings. The van der Waals surface area contributed by atoms with Crippen molar-refractivity contribution in [2.75, 3.05) is 13.1 Å². The number of rotatable bonds is 8. The molecule has 4 nitrogen and oxygen atoms in total. The standard InChI is InChI=1S/C13H23NO3/c1-4-5-6-8-14(9-7-13(16)17)12(15)10-11(2)3/h10H,4-9H2,1-3H3,(H,16,17). The third kappa shape index (κ3) is 8.48. The summed E-state index contributed by atoms with van der Waals surface area (Å²) in [4.78, 5) is 24.0. The molecule has 0 aromatic rings. The Balaban J connectivity index is 4.32. The van der Waals surface area contributed by atoms with Gasteiger partial charge in [0.1, 0.15) is 0 Å². The summed E-state index contributed by atoms with van der Waals surface area (Å²) in [6.07, 6.45) is 4.65. The first kappa shape index (κ1) is 15.7. The molecule has 1 N–H and O–H groups in total. The van der Waals surface area contributed by atoms with Gasteiger partial charge in [-0.05, 0) is 20.3 Å². The summed E-state index contributed by atoms with van der Waals surface area (Å²) in [5.74, 6) is -0.946. The van der Waals surface area contributed by atoms with Crippen LogP contribution < -0.4 is 0 Å². The van der Waals surface area contributed by atoms with E-state index in [4.69, 9.17) is 5.11 Å². The Kier molecular flexibility index (Phi) is 8.11. The van der Waals surface area contributed by atoms with Gasteiger partial charge in [0.15, 0.2) is 0 Å². The Labute approximate surface area is 103 Å². The van der Waals surface area contributed by atoms with E-state index >= 15 is 0 Å². The Morgan fingerprint density at radius 2 is 1.82 bits per heavy atom. The molecule has 0 saturated heterocycles. The predicted molar refractivity (Wildman–Crippen MR) is 67.8 cm³/mol. The summed E-state index contributed by atoms with van der Waals surface area (Å²) < 4.78 is 0. The van der Waals surface area contributed by atoms with Crippen molar-refractivity contribution < 1.29 is 14.7 Å². The fourth-order valence-electron chi connectivity index (χ4n) is 1.45. The first-order valence-electron chi connectivity index (χ1n) is 6.13. The zero-order chi connectivity index (χ0) is 13.3. The molecule has 4 heteroatoms. The van der Waals surface area contributed by atoms with E-state index in [-0.39, 0.29) is 12.3 Å². The minimum absolute atomic E-state index is 0.00840. The van der Waals surface area contributed by atoms with Gasteiger partial charge in [0.25, 0.3) is 0 Å². The lowest BCUT2D eigenvalue weighted by atomic mass is 10.2. The largest absolute Gasteiger partial charge is 0.481 e. The highest BCUT2D eigenvalue weighted by Crippen LogP contribution is 2.03. The molecule has 0 spiro atoms. The molecule has 0 aromatic carbocycles. The molecule has 0 heterocycles. The van der Waals surface area contributed by atoms with E-state index in [2.05, 4.69) is 6.92 Å². The molecular formula is C13H23NO3. The van der Waals surface area contributed by atoms with Gasteiger partial charge in [-0.3, -0.25) is 9.59 Å². The van der Waals surface area contributed by atoms with E-state index in [1.807, 2.05) is 13.8 Å². The Morgan fingerprint density at radius 3 is 2.29 bits per heavy atom. The molecule has 0 radical (unpaired) electrons. The van der Waals surface area contributed by atoms with Crippen molar-refractivity contribution in [1.29, 1.82) is 0 Å². The summed E-state index contributed by atoms with van der Waals surface area (Å²) in [6, 6.07) is 0. The SMILES string of the molecule is CCCCCN(CCC(=O)O)C(=O)C=C(C)C. The number of allylic oxidation sites excluding steroid dienone is 1. The highest BCUT2D eigenvalue weighted by atomic mass is 16.4. The lowest BCUT2D eigenvalue weighted by Crippen LogP contribution is -2.32. The molecule has 17 heavy (non-hydrogen) atoms. The summed E-state index contributed by atoms with van der Waals surface area (Å²) >= 11 is 0. The van der Waals surface area contributed by atoms with Crippen LogP contribution in [0.3, 0.4) is 0 Å². The van der Waals surface area contributed by atoms with Crippen molar-refractivity contribution in [3.05, 3.63) is 11.6 Å². The molecule has 0 rings (SSSR count). The van der Waals surface area contributed by atoms with Gasteiger partial charge in [-0.2, -0.15) is 0 Å². The molecule has 0 aliphatic heterocycles. The van der Waals surface area contributed by atoms with Gasteiger partial charge in [0, 0.05) is 19.2 Å². The number of unbranched alkanes of at least 4 members (excludes halogenated alkanes) is 2. The van der Waals surface area contributed by atoms with E-state index in [1.54, 1.807) is 11.0 Å². The van der Waals surface area contributed by atoms with E-state index in [0.717, 1.165) is 24.8 Å². The first-order valence-corrected chi connectivity index (χ1v) is 6.13.